The molecule has 0 saturated carbocycles. The molecule has 0 fully saturated rings. The van der Waals surface area contributed by atoms with Crippen LogP contribution in [0.1, 0.15) is 10.4 Å². The number of ether oxygens (including phenoxy) is 1. The molecule has 1 aliphatic heterocycles. The number of carbonyl (C=O) groups is 1. The summed E-state index contributed by atoms with van der Waals surface area (Å²) < 4.78 is 5.19. The number of methoxy groups -OCH3 is 1. The number of carbonyl (C=O) groups excluding carboxylic acids is 1. The van der Waals surface area contributed by atoms with Crippen molar-refractivity contribution in [2.45, 2.75) is 0 Å². The first-order chi connectivity index (χ1) is 10.6. The summed E-state index contributed by atoms with van der Waals surface area (Å²) in [7, 11) is 5.47. The Morgan fingerprint density at radius 2 is 1.73 bits per heavy atom. The van der Waals surface area contributed by atoms with Crippen LogP contribution in [0.2, 0.25) is 0 Å². The Balaban J connectivity index is 2.16. The average Bonchev–Trinajstić information content (AvgIpc) is 2.67. The monoisotopic (exact) mass is 297 g/mol. The maximum Gasteiger partial charge on any atom is 0.256 e. The van der Waals surface area contributed by atoms with Gasteiger partial charge in [-0.2, -0.15) is 0 Å². The smallest absolute Gasteiger partial charge is 0.256 e. The third kappa shape index (κ3) is 2.39. The van der Waals surface area contributed by atoms with Gasteiger partial charge in [0.05, 0.1) is 24.6 Å². The number of rotatable bonds is 2. The molecule has 1 aromatic carbocycles. The Kier molecular flexibility index (Phi) is 3.71. The highest BCUT2D eigenvalue weighted by atomic mass is 16.5. The van der Waals surface area contributed by atoms with E-state index in [1.807, 2.05) is 38.4 Å². The normalized spacial score (nSPS) is 14.6. The van der Waals surface area contributed by atoms with Gasteiger partial charge < -0.3 is 14.5 Å². The number of benzene rings is 1. The second-order valence-corrected chi connectivity index (χ2v) is 5.46. The lowest BCUT2D eigenvalue weighted by molar-refractivity contribution is 0.0805. The van der Waals surface area contributed by atoms with E-state index in [2.05, 4.69) is 9.88 Å². The molecule has 0 spiro atoms. The molecule has 1 aromatic heterocycles. The van der Waals surface area contributed by atoms with Gasteiger partial charge in [0.2, 0.25) is 0 Å². The predicted octanol–water partition coefficient (Wildman–Crippen LogP) is 2.28. The second kappa shape index (κ2) is 5.67. The van der Waals surface area contributed by atoms with Crippen molar-refractivity contribution in [2.24, 2.45) is 0 Å². The van der Waals surface area contributed by atoms with Crippen molar-refractivity contribution in [3.8, 4) is 16.9 Å². The van der Waals surface area contributed by atoms with E-state index in [-0.39, 0.29) is 5.91 Å². The molecule has 1 aliphatic rings. The number of amides is 1. The van der Waals surface area contributed by atoms with Gasteiger partial charge >= 0.3 is 0 Å². The van der Waals surface area contributed by atoms with E-state index < -0.39 is 0 Å². The second-order valence-electron chi connectivity index (χ2n) is 5.46. The van der Waals surface area contributed by atoms with Gasteiger partial charge in [0.15, 0.2) is 0 Å². The quantitative estimate of drug-likeness (QED) is 0.853. The standard InChI is InChI=1S/C17H19N3O2/c1-19-8-9-20(2)17(21)16-14(10-18-11-15(16)19)12-4-6-13(22-3)7-5-12/h4-7,10-11H,8-9H2,1-3H3. The Bertz CT molecular complexity index is 698. The number of likely N-dealkylation sites (N-methyl/N-ethyl adjacent to an activating group) is 2. The minimum absolute atomic E-state index is 0.0348. The molecule has 0 unspecified atom stereocenters. The van der Waals surface area contributed by atoms with Crippen LogP contribution in [0.15, 0.2) is 36.7 Å². The lowest BCUT2D eigenvalue weighted by Gasteiger charge is -2.19. The molecule has 114 valence electrons. The Morgan fingerprint density at radius 3 is 2.41 bits per heavy atom. The van der Waals surface area contributed by atoms with Crippen molar-refractivity contribution in [3.63, 3.8) is 0 Å². The Morgan fingerprint density at radius 1 is 1.05 bits per heavy atom. The van der Waals surface area contributed by atoms with Gasteiger partial charge in [0, 0.05) is 38.9 Å². The summed E-state index contributed by atoms with van der Waals surface area (Å²) in [5.74, 6) is 0.826. The van der Waals surface area contributed by atoms with Crippen LogP contribution in [0, 0.1) is 0 Å². The number of fused-ring (bicyclic) bond motifs is 1. The molecule has 0 saturated heterocycles. The molecular weight excluding hydrogens is 278 g/mol. The van der Waals surface area contributed by atoms with Gasteiger partial charge in [-0.1, -0.05) is 12.1 Å². The average molecular weight is 297 g/mol. The molecule has 0 atom stereocenters. The molecule has 22 heavy (non-hydrogen) atoms. The summed E-state index contributed by atoms with van der Waals surface area (Å²) in [6.07, 6.45) is 3.52. The Hall–Kier alpha value is -2.56. The van der Waals surface area contributed by atoms with E-state index >= 15 is 0 Å². The first-order valence-corrected chi connectivity index (χ1v) is 7.21. The molecule has 5 nitrogen and oxygen atoms in total. The summed E-state index contributed by atoms with van der Waals surface area (Å²) in [4.78, 5) is 20.9. The van der Waals surface area contributed by atoms with Crippen molar-refractivity contribution < 1.29 is 9.53 Å². The zero-order valence-corrected chi connectivity index (χ0v) is 13.0. The minimum atomic E-state index is 0.0348. The van der Waals surface area contributed by atoms with E-state index in [1.54, 1.807) is 24.4 Å². The fourth-order valence-electron chi connectivity index (χ4n) is 2.67. The zero-order chi connectivity index (χ0) is 15.7. The molecule has 0 bridgehead atoms. The number of pyridine rings is 1. The first-order valence-electron chi connectivity index (χ1n) is 7.21. The van der Waals surface area contributed by atoms with Crippen molar-refractivity contribution in [3.05, 3.63) is 42.2 Å². The van der Waals surface area contributed by atoms with Crippen LogP contribution in [0.3, 0.4) is 0 Å². The molecule has 0 aliphatic carbocycles. The molecular formula is C17H19N3O2. The fraction of sp³-hybridized carbons (Fsp3) is 0.294. The highest BCUT2D eigenvalue weighted by molar-refractivity contribution is 6.06. The van der Waals surface area contributed by atoms with E-state index in [0.29, 0.717) is 12.1 Å². The lowest BCUT2D eigenvalue weighted by atomic mass is 9.99. The van der Waals surface area contributed by atoms with Gasteiger partial charge in [-0.25, -0.2) is 0 Å². The maximum atomic E-state index is 12.7. The number of hydrogen-bond donors (Lipinski definition) is 0. The summed E-state index contributed by atoms with van der Waals surface area (Å²) in [5.41, 5.74) is 3.40. The van der Waals surface area contributed by atoms with Crippen molar-refractivity contribution in [1.82, 2.24) is 9.88 Å². The zero-order valence-electron chi connectivity index (χ0n) is 13.0. The van der Waals surface area contributed by atoms with E-state index in [0.717, 1.165) is 29.1 Å². The largest absolute Gasteiger partial charge is 0.497 e. The van der Waals surface area contributed by atoms with E-state index in [4.69, 9.17) is 4.74 Å². The molecule has 2 heterocycles. The first kappa shape index (κ1) is 14.4. The molecule has 2 aromatic rings. The minimum Gasteiger partial charge on any atom is -0.497 e. The molecule has 1 amide bonds. The van der Waals surface area contributed by atoms with Gasteiger partial charge in [-0.05, 0) is 17.7 Å². The highest BCUT2D eigenvalue weighted by Gasteiger charge is 2.26. The molecule has 3 rings (SSSR count). The van der Waals surface area contributed by atoms with Crippen LogP contribution >= 0.6 is 0 Å². The third-order valence-electron chi connectivity index (χ3n) is 4.07. The van der Waals surface area contributed by atoms with Crippen LogP contribution in [0.25, 0.3) is 11.1 Å². The third-order valence-corrected chi connectivity index (χ3v) is 4.07. The summed E-state index contributed by atoms with van der Waals surface area (Å²) >= 11 is 0. The number of hydrogen-bond acceptors (Lipinski definition) is 4. The van der Waals surface area contributed by atoms with Crippen molar-refractivity contribution in [2.75, 3.05) is 39.2 Å². The van der Waals surface area contributed by atoms with Crippen LogP contribution in [0.5, 0.6) is 5.75 Å². The lowest BCUT2D eigenvalue weighted by Crippen LogP contribution is -2.30. The van der Waals surface area contributed by atoms with Crippen LogP contribution in [-0.4, -0.2) is 50.1 Å². The van der Waals surface area contributed by atoms with Gasteiger partial charge in [0.1, 0.15) is 5.75 Å². The summed E-state index contributed by atoms with van der Waals surface area (Å²) in [6, 6.07) is 7.69. The number of anilines is 1. The maximum absolute atomic E-state index is 12.7. The van der Waals surface area contributed by atoms with Gasteiger partial charge in [-0.3, -0.25) is 9.78 Å². The topological polar surface area (TPSA) is 45.7 Å². The molecule has 0 radical (unpaired) electrons. The van der Waals surface area contributed by atoms with Crippen LogP contribution in [-0.2, 0) is 0 Å². The van der Waals surface area contributed by atoms with Crippen molar-refractivity contribution in [1.29, 1.82) is 0 Å². The summed E-state index contributed by atoms with van der Waals surface area (Å²) in [5, 5.41) is 0. The van der Waals surface area contributed by atoms with Gasteiger partial charge in [-0.15, -0.1) is 0 Å². The van der Waals surface area contributed by atoms with E-state index in [1.165, 1.54) is 0 Å². The highest BCUT2D eigenvalue weighted by Crippen LogP contribution is 2.33. The SMILES string of the molecule is COc1ccc(-c2cncc3c2C(=O)N(C)CCN3C)cc1. The van der Waals surface area contributed by atoms with Crippen molar-refractivity contribution >= 4 is 11.6 Å². The van der Waals surface area contributed by atoms with E-state index in [9.17, 15) is 4.79 Å². The van der Waals surface area contributed by atoms with Gasteiger partial charge in [0.25, 0.3) is 5.91 Å². The summed E-state index contributed by atoms with van der Waals surface area (Å²) in [6.45, 7) is 1.50. The molecule has 0 N–H and O–H groups in total. The van der Waals surface area contributed by atoms with Crippen LogP contribution < -0.4 is 9.64 Å². The Labute approximate surface area is 130 Å². The number of nitrogens with zero attached hydrogens (tertiary/aromatic N) is 3. The fourth-order valence-corrected chi connectivity index (χ4v) is 2.67. The molecule has 5 heteroatoms. The number of aromatic nitrogens is 1. The van der Waals surface area contributed by atoms with Crippen LogP contribution in [0.4, 0.5) is 5.69 Å². The predicted molar refractivity (Wildman–Crippen MR) is 86.5 cm³/mol.